The molecule has 4 nitrogen and oxygen atoms in total. The number of hydrogen-bond donors (Lipinski definition) is 0. The van der Waals surface area contributed by atoms with Crippen LogP contribution in [0.15, 0.2) is 34.2 Å². The maximum absolute atomic E-state index is 12.9. The van der Waals surface area contributed by atoms with Gasteiger partial charge in [-0.25, -0.2) is 12.7 Å². The topological polar surface area (TPSA) is 49.7 Å². The van der Waals surface area contributed by atoms with E-state index in [0.29, 0.717) is 28.4 Å². The molecule has 1 aliphatic carbocycles. The number of nitrogens with zero attached hydrogens (tertiary/aromatic N) is 2. The molecule has 0 bridgehead atoms. The number of benzene rings is 1. The Morgan fingerprint density at radius 2 is 1.86 bits per heavy atom. The van der Waals surface area contributed by atoms with Gasteiger partial charge in [0.2, 0.25) is 0 Å². The highest BCUT2D eigenvalue weighted by molar-refractivity contribution is 8.14. The number of rotatable bonds is 4. The molecule has 1 atom stereocenters. The molecule has 1 fully saturated rings. The van der Waals surface area contributed by atoms with Crippen LogP contribution in [0.4, 0.5) is 0 Å². The minimum atomic E-state index is -3.50. The van der Waals surface area contributed by atoms with Crippen LogP contribution in [-0.4, -0.2) is 36.7 Å². The first-order valence-electron chi connectivity index (χ1n) is 7.68. The molecule has 0 aromatic heterocycles. The second-order valence-corrected chi connectivity index (χ2v) is 8.92. The Morgan fingerprint density at radius 3 is 2.36 bits per heavy atom. The molecule has 2 aliphatic rings. The van der Waals surface area contributed by atoms with Gasteiger partial charge < -0.3 is 0 Å². The molecule has 22 heavy (non-hydrogen) atoms. The van der Waals surface area contributed by atoms with Crippen LogP contribution < -0.4 is 0 Å². The van der Waals surface area contributed by atoms with Crippen LogP contribution in [0.25, 0.3) is 0 Å². The molecule has 6 heteroatoms. The molecule has 0 spiro atoms. The third-order valence-corrected chi connectivity index (χ3v) is 6.90. The van der Waals surface area contributed by atoms with Gasteiger partial charge in [0.25, 0.3) is 10.0 Å². The largest absolute Gasteiger partial charge is 0.265 e. The Hall–Kier alpha value is -1.01. The van der Waals surface area contributed by atoms with Gasteiger partial charge in [-0.3, -0.25) is 4.99 Å². The van der Waals surface area contributed by atoms with Gasteiger partial charge in [-0.15, -0.1) is 0 Å². The maximum Gasteiger partial charge on any atom is 0.265 e. The van der Waals surface area contributed by atoms with Crippen molar-refractivity contribution in [2.75, 3.05) is 12.8 Å². The van der Waals surface area contributed by atoms with Crippen LogP contribution in [-0.2, 0) is 10.0 Å². The van der Waals surface area contributed by atoms with E-state index in [9.17, 15) is 8.42 Å². The average molecular weight is 338 g/mol. The predicted octanol–water partition coefficient (Wildman–Crippen LogP) is 3.31. The van der Waals surface area contributed by atoms with E-state index in [-0.39, 0.29) is 6.04 Å². The van der Waals surface area contributed by atoms with E-state index in [4.69, 9.17) is 0 Å². The molecule has 0 saturated heterocycles. The molecule has 3 rings (SSSR count). The zero-order valence-corrected chi connectivity index (χ0v) is 14.8. The maximum atomic E-state index is 12.9. The summed E-state index contributed by atoms with van der Waals surface area (Å²) in [5, 5.41) is 0.629. The third kappa shape index (κ3) is 2.91. The van der Waals surface area contributed by atoms with Crippen LogP contribution in [0.3, 0.4) is 0 Å². The van der Waals surface area contributed by atoms with Crippen molar-refractivity contribution in [1.29, 1.82) is 0 Å². The number of sulfonamides is 1. The first kappa shape index (κ1) is 15.9. The monoisotopic (exact) mass is 338 g/mol. The second-order valence-electron chi connectivity index (χ2n) is 6.28. The first-order chi connectivity index (χ1) is 10.4. The lowest BCUT2D eigenvalue weighted by Crippen LogP contribution is -2.34. The molecular weight excluding hydrogens is 316 g/mol. The van der Waals surface area contributed by atoms with Crippen molar-refractivity contribution in [3.63, 3.8) is 0 Å². The second kappa shape index (κ2) is 5.89. The summed E-state index contributed by atoms with van der Waals surface area (Å²) < 4.78 is 27.3. The van der Waals surface area contributed by atoms with Gasteiger partial charge in [0.05, 0.1) is 17.5 Å². The number of amidine groups is 1. The highest BCUT2D eigenvalue weighted by Crippen LogP contribution is 2.39. The molecule has 0 N–H and O–H groups in total. The van der Waals surface area contributed by atoms with E-state index in [0.717, 1.165) is 5.56 Å². The summed E-state index contributed by atoms with van der Waals surface area (Å²) >= 11 is 1.42. The molecule has 1 aliphatic heterocycles. The molecule has 1 saturated carbocycles. The van der Waals surface area contributed by atoms with Crippen molar-refractivity contribution in [2.24, 2.45) is 10.9 Å². The molecule has 0 amide bonds. The predicted molar refractivity (Wildman–Crippen MR) is 91.9 cm³/mol. The van der Waals surface area contributed by atoms with Crippen molar-refractivity contribution < 1.29 is 8.42 Å². The Morgan fingerprint density at radius 1 is 1.23 bits per heavy atom. The Bertz CT molecular complexity index is 677. The summed E-state index contributed by atoms with van der Waals surface area (Å²) in [6.45, 7) is 4.69. The Kier molecular flexibility index (Phi) is 4.25. The van der Waals surface area contributed by atoms with Crippen molar-refractivity contribution >= 4 is 27.0 Å². The summed E-state index contributed by atoms with van der Waals surface area (Å²) in [5.41, 5.74) is 1.15. The fraction of sp³-hybridized carbons (Fsp3) is 0.562. The summed E-state index contributed by atoms with van der Waals surface area (Å²) in [7, 11) is -3.50. The number of hydrogen-bond acceptors (Lipinski definition) is 4. The van der Waals surface area contributed by atoms with Crippen LogP contribution in [0.5, 0.6) is 0 Å². The van der Waals surface area contributed by atoms with Gasteiger partial charge in [-0.05, 0) is 48.6 Å². The average Bonchev–Trinajstić information content (AvgIpc) is 3.26. The Labute approximate surface area is 137 Å². The molecule has 1 aromatic rings. The minimum absolute atomic E-state index is 0.146. The van der Waals surface area contributed by atoms with Crippen LogP contribution in [0.1, 0.15) is 38.2 Å². The fourth-order valence-corrected chi connectivity index (χ4v) is 5.11. The molecule has 120 valence electrons. The van der Waals surface area contributed by atoms with Crippen molar-refractivity contribution in [2.45, 2.75) is 43.5 Å². The van der Waals surface area contributed by atoms with Gasteiger partial charge >= 0.3 is 0 Å². The van der Waals surface area contributed by atoms with E-state index in [1.807, 2.05) is 18.4 Å². The number of thioether (sulfide) groups is 1. The molecule has 1 heterocycles. The molecule has 1 aromatic carbocycles. The van der Waals surface area contributed by atoms with Crippen molar-refractivity contribution in [3.05, 3.63) is 29.8 Å². The van der Waals surface area contributed by atoms with Crippen molar-refractivity contribution in [3.8, 4) is 0 Å². The van der Waals surface area contributed by atoms with Gasteiger partial charge in [0, 0.05) is 0 Å². The van der Waals surface area contributed by atoms with Gasteiger partial charge in [0.15, 0.2) is 5.17 Å². The lowest BCUT2D eigenvalue weighted by atomic mass is 10.0. The number of aliphatic imine (C=N–C) groups is 1. The normalized spacial score (nSPS) is 22.3. The fourth-order valence-electron chi connectivity index (χ4n) is 2.74. The Balaban J connectivity index is 1.87. The van der Waals surface area contributed by atoms with E-state index in [1.165, 1.54) is 28.9 Å². The lowest BCUT2D eigenvalue weighted by Gasteiger charge is -2.20. The SMILES string of the molecule is CSC1=NC(C2CC2)CN1S(=O)(=O)c1ccc(C(C)C)cc1. The van der Waals surface area contributed by atoms with E-state index < -0.39 is 10.0 Å². The minimum Gasteiger partial charge on any atom is -0.256 e. The standard InChI is InChI=1S/C16H22N2O2S2/c1-11(2)12-6-8-14(9-7-12)22(19,20)18-10-15(13-4-5-13)17-16(18)21-3/h6-9,11,13,15H,4-5,10H2,1-3H3. The van der Waals surface area contributed by atoms with Crippen LogP contribution in [0, 0.1) is 5.92 Å². The first-order valence-corrected chi connectivity index (χ1v) is 10.3. The van der Waals surface area contributed by atoms with E-state index in [1.54, 1.807) is 12.1 Å². The zero-order valence-electron chi connectivity index (χ0n) is 13.2. The summed E-state index contributed by atoms with van der Waals surface area (Å²) in [6.07, 6.45) is 4.23. The lowest BCUT2D eigenvalue weighted by molar-refractivity contribution is 0.500. The van der Waals surface area contributed by atoms with Gasteiger partial charge in [-0.2, -0.15) is 0 Å². The van der Waals surface area contributed by atoms with Crippen LogP contribution in [0.2, 0.25) is 0 Å². The molecule has 1 unspecified atom stereocenters. The molecular formula is C16H22N2O2S2. The summed E-state index contributed by atoms with van der Waals surface area (Å²) in [5.74, 6) is 0.969. The third-order valence-electron chi connectivity index (χ3n) is 4.33. The van der Waals surface area contributed by atoms with Gasteiger partial charge in [-0.1, -0.05) is 37.7 Å². The summed E-state index contributed by atoms with van der Waals surface area (Å²) in [4.78, 5) is 4.97. The molecule has 0 radical (unpaired) electrons. The van der Waals surface area contributed by atoms with E-state index >= 15 is 0 Å². The van der Waals surface area contributed by atoms with Gasteiger partial charge in [0.1, 0.15) is 0 Å². The van der Waals surface area contributed by atoms with Crippen LogP contribution >= 0.6 is 11.8 Å². The highest BCUT2D eigenvalue weighted by Gasteiger charge is 2.41. The zero-order chi connectivity index (χ0) is 15.9. The smallest absolute Gasteiger partial charge is 0.256 e. The van der Waals surface area contributed by atoms with E-state index in [2.05, 4.69) is 18.8 Å². The quantitative estimate of drug-likeness (QED) is 0.846. The van der Waals surface area contributed by atoms with Crippen molar-refractivity contribution in [1.82, 2.24) is 4.31 Å². The highest BCUT2D eigenvalue weighted by atomic mass is 32.2. The summed E-state index contributed by atoms with van der Waals surface area (Å²) in [6, 6.07) is 7.39.